The molecule has 2 aromatic carbocycles. The Balaban J connectivity index is 1.71. The summed E-state index contributed by atoms with van der Waals surface area (Å²) in [6.07, 6.45) is 1.60. The molecule has 0 bridgehead atoms. The van der Waals surface area contributed by atoms with Crippen molar-refractivity contribution in [2.45, 2.75) is 25.3 Å². The topological polar surface area (TPSA) is 76.7 Å². The van der Waals surface area contributed by atoms with Crippen molar-refractivity contribution in [3.8, 4) is 0 Å². The Morgan fingerprint density at radius 3 is 2.46 bits per heavy atom. The summed E-state index contributed by atoms with van der Waals surface area (Å²) in [6.45, 7) is 2.10. The first-order chi connectivity index (χ1) is 13.3. The number of nitrogens with zero attached hydrogens (tertiary/aromatic N) is 1. The predicted molar refractivity (Wildman–Crippen MR) is 97.3 cm³/mol. The lowest BCUT2D eigenvalue weighted by Crippen LogP contribution is -2.43. The molecule has 2 aromatic rings. The number of ether oxygens (including phenoxy) is 1. The standard InChI is InChI=1S/C20H18F3N3O2/c1-19(20(7-8-20)10-28-18(24)26-19)12-9-11(5-6-13(12)21)25-17(27)16-14(22)3-2-4-15(16)23/h2-6,9H,7-8,10H2,1H3,(H2,24,26)(H,25,27)/t19-/m1/s1. The van der Waals surface area contributed by atoms with Crippen LogP contribution in [0.4, 0.5) is 18.9 Å². The number of halogens is 3. The molecule has 1 aliphatic carbocycles. The van der Waals surface area contributed by atoms with Gasteiger partial charge in [0.25, 0.3) is 11.9 Å². The van der Waals surface area contributed by atoms with Crippen molar-refractivity contribution in [2.75, 3.05) is 11.9 Å². The number of carbonyl (C=O) groups excluding carboxylic acids is 1. The van der Waals surface area contributed by atoms with Gasteiger partial charge >= 0.3 is 0 Å². The number of carbonyl (C=O) groups is 1. The van der Waals surface area contributed by atoms with Gasteiger partial charge in [-0.05, 0) is 50.1 Å². The van der Waals surface area contributed by atoms with E-state index in [1.165, 1.54) is 24.3 Å². The number of nitrogens with one attached hydrogen (secondary N) is 1. The number of anilines is 1. The van der Waals surface area contributed by atoms with E-state index in [-0.39, 0.29) is 22.7 Å². The fourth-order valence-corrected chi connectivity index (χ4v) is 3.74. The number of rotatable bonds is 3. The second-order valence-electron chi connectivity index (χ2n) is 7.34. The quantitative estimate of drug-likeness (QED) is 0.841. The molecule has 4 rings (SSSR count). The predicted octanol–water partition coefficient (Wildman–Crippen LogP) is 3.70. The summed E-state index contributed by atoms with van der Waals surface area (Å²) >= 11 is 0. The van der Waals surface area contributed by atoms with Crippen LogP contribution in [0.2, 0.25) is 0 Å². The summed E-state index contributed by atoms with van der Waals surface area (Å²) in [5, 5.41) is 2.43. The lowest BCUT2D eigenvalue weighted by atomic mass is 9.76. The first kappa shape index (κ1) is 18.3. The molecule has 0 radical (unpaired) electrons. The fraction of sp³-hybridized carbons (Fsp3) is 0.300. The highest BCUT2D eigenvalue weighted by Gasteiger charge is 2.61. The normalized spacial score (nSPS) is 22.4. The van der Waals surface area contributed by atoms with Gasteiger partial charge < -0.3 is 15.8 Å². The van der Waals surface area contributed by atoms with Crippen molar-refractivity contribution in [3.05, 3.63) is 65.0 Å². The van der Waals surface area contributed by atoms with Crippen molar-refractivity contribution in [1.82, 2.24) is 0 Å². The lowest BCUT2D eigenvalue weighted by molar-refractivity contribution is 0.101. The van der Waals surface area contributed by atoms with Crippen LogP contribution >= 0.6 is 0 Å². The lowest BCUT2D eigenvalue weighted by Gasteiger charge is -2.38. The Kier molecular flexibility index (Phi) is 4.10. The average Bonchev–Trinajstić information content (AvgIpc) is 3.42. The molecule has 0 unspecified atom stereocenters. The third-order valence-electron chi connectivity index (χ3n) is 5.65. The molecule has 1 heterocycles. The number of aliphatic imine (C=N–C) groups is 1. The molecule has 1 amide bonds. The van der Waals surface area contributed by atoms with E-state index in [2.05, 4.69) is 10.3 Å². The van der Waals surface area contributed by atoms with Gasteiger partial charge in [-0.2, -0.15) is 0 Å². The van der Waals surface area contributed by atoms with Gasteiger partial charge in [0, 0.05) is 16.7 Å². The van der Waals surface area contributed by atoms with Gasteiger partial charge in [0.15, 0.2) is 0 Å². The van der Waals surface area contributed by atoms with Crippen molar-refractivity contribution >= 4 is 17.6 Å². The fourth-order valence-electron chi connectivity index (χ4n) is 3.74. The van der Waals surface area contributed by atoms with Crippen molar-refractivity contribution in [2.24, 2.45) is 16.1 Å². The molecule has 0 saturated heterocycles. The van der Waals surface area contributed by atoms with Gasteiger partial charge in [0.2, 0.25) is 0 Å². The second kappa shape index (κ2) is 6.25. The zero-order chi connectivity index (χ0) is 20.1. The Morgan fingerprint density at radius 2 is 1.82 bits per heavy atom. The molecule has 1 saturated carbocycles. The van der Waals surface area contributed by atoms with E-state index in [9.17, 15) is 18.0 Å². The number of benzene rings is 2. The van der Waals surface area contributed by atoms with E-state index in [1.807, 2.05) is 0 Å². The molecule has 8 heteroatoms. The smallest absolute Gasteiger partial charge is 0.282 e. The molecule has 1 atom stereocenters. The Morgan fingerprint density at radius 1 is 1.14 bits per heavy atom. The van der Waals surface area contributed by atoms with E-state index in [0.717, 1.165) is 25.0 Å². The highest BCUT2D eigenvalue weighted by atomic mass is 19.1. The number of hydrogen-bond acceptors (Lipinski definition) is 4. The summed E-state index contributed by atoms with van der Waals surface area (Å²) in [6, 6.07) is 7.06. The number of hydrogen-bond donors (Lipinski definition) is 2. The molecule has 1 spiro atoms. The molecular weight excluding hydrogens is 371 g/mol. The van der Waals surface area contributed by atoms with Crippen LogP contribution in [0.25, 0.3) is 0 Å². The summed E-state index contributed by atoms with van der Waals surface area (Å²) in [5.41, 5.74) is 4.13. The van der Waals surface area contributed by atoms with Crippen LogP contribution in [0, 0.1) is 22.9 Å². The highest BCUT2D eigenvalue weighted by molar-refractivity contribution is 6.04. The Labute approximate surface area is 159 Å². The summed E-state index contributed by atoms with van der Waals surface area (Å²) < 4.78 is 47.7. The van der Waals surface area contributed by atoms with E-state index in [0.29, 0.717) is 6.61 Å². The largest absolute Gasteiger partial charge is 0.465 e. The van der Waals surface area contributed by atoms with Gasteiger partial charge in [0.05, 0.1) is 6.61 Å². The molecule has 3 N–H and O–H groups in total. The average molecular weight is 389 g/mol. The van der Waals surface area contributed by atoms with Gasteiger partial charge in [-0.15, -0.1) is 0 Å². The maximum Gasteiger partial charge on any atom is 0.282 e. The Hall–Kier alpha value is -3.03. The van der Waals surface area contributed by atoms with Gasteiger partial charge in [-0.3, -0.25) is 4.79 Å². The third-order valence-corrected chi connectivity index (χ3v) is 5.65. The first-order valence-electron chi connectivity index (χ1n) is 8.79. The van der Waals surface area contributed by atoms with E-state index in [4.69, 9.17) is 10.5 Å². The van der Waals surface area contributed by atoms with Crippen LogP contribution in [-0.2, 0) is 10.3 Å². The molecular formula is C20H18F3N3O2. The zero-order valence-corrected chi connectivity index (χ0v) is 15.1. The maximum absolute atomic E-state index is 14.7. The van der Waals surface area contributed by atoms with Gasteiger partial charge in [-0.25, -0.2) is 18.2 Å². The summed E-state index contributed by atoms with van der Waals surface area (Å²) in [4.78, 5) is 16.7. The van der Waals surface area contributed by atoms with Crippen LogP contribution in [0.3, 0.4) is 0 Å². The van der Waals surface area contributed by atoms with Crippen LogP contribution in [0.15, 0.2) is 41.4 Å². The number of nitrogens with two attached hydrogens (primary N) is 1. The molecule has 1 aliphatic heterocycles. The molecule has 5 nitrogen and oxygen atoms in total. The molecule has 2 aliphatic rings. The molecule has 0 aromatic heterocycles. The third kappa shape index (κ3) is 2.80. The first-order valence-corrected chi connectivity index (χ1v) is 8.79. The minimum Gasteiger partial charge on any atom is -0.465 e. The van der Waals surface area contributed by atoms with Gasteiger partial charge in [-0.1, -0.05) is 6.07 Å². The van der Waals surface area contributed by atoms with E-state index in [1.54, 1.807) is 6.92 Å². The minimum atomic E-state index is -0.981. The monoisotopic (exact) mass is 389 g/mol. The van der Waals surface area contributed by atoms with Crippen LogP contribution in [-0.4, -0.2) is 18.5 Å². The minimum absolute atomic E-state index is 0.0257. The number of amides is 1. The van der Waals surface area contributed by atoms with Crippen molar-refractivity contribution < 1.29 is 22.7 Å². The van der Waals surface area contributed by atoms with Crippen molar-refractivity contribution in [3.63, 3.8) is 0 Å². The maximum atomic E-state index is 14.7. The summed E-state index contributed by atoms with van der Waals surface area (Å²) in [5.74, 6) is -3.44. The van der Waals surface area contributed by atoms with E-state index >= 15 is 0 Å². The van der Waals surface area contributed by atoms with Gasteiger partial charge in [0.1, 0.15) is 28.6 Å². The zero-order valence-electron chi connectivity index (χ0n) is 15.1. The second-order valence-corrected chi connectivity index (χ2v) is 7.34. The summed E-state index contributed by atoms with van der Waals surface area (Å²) in [7, 11) is 0. The van der Waals surface area contributed by atoms with Crippen LogP contribution in [0.5, 0.6) is 0 Å². The Bertz CT molecular complexity index is 984. The SMILES string of the molecule is C[C@]1(c2cc(NC(=O)c3c(F)cccc3F)ccc2F)N=C(N)OCC12CC2. The highest BCUT2D eigenvalue weighted by Crippen LogP contribution is 2.62. The molecule has 28 heavy (non-hydrogen) atoms. The van der Waals surface area contributed by atoms with E-state index < -0.39 is 34.5 Å². The van der Waals surface area contributed by atoms with Crippen molar-refractivity contribution in [1.29, 1.82) is 0 Å². The van der Waals surface area contributed by atoms with Crippen LogP contribution in [0.1, 0.15) is 35.7 Å². The molecule has 1 fully saturated rings. The number of amidine groups is 1. The molecule has 146 valence electrons. The van der Waals surface area contributed by atoms with Crippen LogP contribution < -0.4 is 11.1 Å².